The van der Waals surface area contributed by atoms with Gasteiger partial charge in [0, 0.05) is 32.4 Å². The van der Waals surface area contributed by atoms with Gasteiger partial charge in [-0.3, -0.25) is 9.78 Å². The van der Waals surface area contributed by atoms with Gasteiger partial charge < -0.3 is 20.6 Å². The lowest BCUT2D eigenvalue weighted by atomic mass is 9.90. The van der Waals surface area contributed by atoms with Crippen molar-refractivity contribution >= 4 is 28.9 Å². The van der Waals surface area contributed by atoms with Gasteiger partial charge in [-0.25, -0.2) is 8.91 Å². The molecule has 0 spiro atoms. The number of rotatable bonds is 6. The lowest BCUT2D eigenvalue weighted by molar-refractivity contribution is -0.138. The fraction of sp³-hybridized carbons (Fsp3) is 0.455. The normalized spacial score (nSPS) is 20.8. The minimum atomic E-state index is -1.72. The van der Waals surface area contributed by atoms with Gasteiger partial charge in [-0.2, -0.15) is 15.2 Å². The first-order valence-electron chi connectivity index (χ1n) is 11.0. The first-order valence-corrected chi connectivity index (χ1v) is 11.0. The maximum atomic E-state index is 15.4. The summed E-state index contributed by atoms with van der Waals surface area (Å²) in [6.07, 6.45) is 2.16. The molecular weight excluding hydrogens is 441 g/mol. The molecule has 1 amide bonds. The Bertz CT molecular complexity index is 1240. The van der Waals surface area contributed by atoms with Gasteiger partial charge in [-0.1, -0.05) is 0 Å². The molecule has 2 unspecified atom stereocenters. The van der Waals surface area contributed by atoms with Crippen LogP contribution in [0.25, 0.3) is 16.8 Å². The highest BCUT2D eigenvalue weighted by molar-refractivity contribution is 5.87. The van der Waals surface area contributed by atoms with Crippen LogP contribution in [0.2, 0.25) is 0 Å². The number of nitrogens with zero attached hydrogens (tertiary/aromatic N) is 7. The minimum Gasteiger partial charge on any atom is -0.387 e. The topological polar surface area (TPSA) is 132 Å². The monoisotopic (exact) mass is 469 g/mol. The van der Waals surface area contributed by atoms with E-state index in [0.717, 1.165) is 22.5 Å². The van der Waals surface area contributed by atoms with Gasteiger partial charge in [0.15, 0.2) is 5.82 Å². The minimum absolute atomic E-state index is 0.114. The number of piperidine rings is 1. The van der Waals surface area contributed by atoms with Crippen molar-refractivity contribution in [3.05, 3.63) is 30.1 Å². The average molecular weight is 470 g/mol. The highest BCUT2D eigenvalue weighted by Crippen LogP contribution is 2.32. The Labute approximate surface area is 196 Å². The van der Waals surface area contributed by atoms with Crippen LogP contribution < -0.4 is 10.6 Å². The number of likely N-dealkylation sites (tertiary alicyclic amines) is 1. The van der Waals surface area contributed by atoms with Crippen molar-refractivity contribution in [2.75, 3.05) is 44.4 Å². The van der Waals surface area contributed by atoms with Crippen molar-refractivity contribution in [1.29, 1.82) is 0 Å². The van der Waals surface area contributed by atoms with Gasteiger partial charge in [0.25, 0.3) is 0 Å². The number of azo groups is 1. The first-order chi connectivity index (χ1) is 16.3. The van der Waals surface area contributed by atoms with E-state index < -0.39 is 24.2 Å². The van der Waals surface area contributed by atoms with Gasteiger partial charge in [-0.15, -0.1) is 5.10 Å². The molecule has 0 radical (unpaired) electrons. The zero-order valence-electron chi connectivity index (χ0n) is 19.6. The van der Waals surface area contributed by atoms with Gasteiger partial charge in [0.05, 0.1) is 24.0 Å². The number of aliphatic hydroxyl groups is 1. The fourth-order valence-electron chi connectivity index (χ4n) is 4.22. The van der Waals surface area contributed by atoms with Crippen LogP contribution in [-0.2, 0) is 4.79 Å². The highest BCUT2D eigenvalue weighted by Gasteiger charge is 2.42. The quantitative estimate of drug-likeness (QED) is 0.473. The van der Waals surface area contributed by atoms with Crippen LogP contribution in [0, 0.1) is 6.92 Å². The van der Waals surface area contributed by atoms with Crippen LogP contribution in [0.1, 0.15) is 19.0 Å². The predicted octanol–water partition coefficient (Wildman–Crippen LogP) is 2.59. The number of alkyl halides is 1. The number of pyridine rings is 1. The van der Waals surface area contributed by atoms with Crippen molar-refractivity contribution in [2.45, 2.75) is 32.0 Å². The van der Waals surface area contributed by atoms with E-state index in [1.807, 2.05) is 25.1 Å². The van der Waals surface area contributed by atoms with Crippen LogP contribution in [0.5, 0.6) is 0 Å². The summed E-state index contributed by atoms with van der Waals surface area (Å²) >= 11 is 0. The van der Waals surface area contributed by atoms with E-state index in [1.54, 1.807) is 24.8 Å². The molecule has 3 aromatic rings. The summed E-state index contributed by atoms with van der Waals surface area (Å²) in [5.74, 6) is 0.340. The van der Waals surface area contributed by atoms with Crippen LogP contribution >= 0.6 is 0 Å². The molecule has 0 aromatic carbocycles. The van der Waals surface area contributed by atoms with E-state index in [1.165, 1.54) is 11.8 Å². The summed E-state index contributed by atoms with van der Waals surface area (Å²) < 4.78 is 17.1. The summed E-state index contributed by atoms with van der Waals surface area (Å²) in [5.41, 5.74) is 2.05. The number of aryl methyl sites for hydroxylation is 1. The Morgan fingerprint density at radius 3 is 2.79 bits per heavy atom. The third kappa shape index (κ3) is 4.40. The van der Waals surface area contributed by atoms with Crippen LogP contribution in [-0.4, -0.2) is 81.0 Å². The Morgan fingerprint density at radius 1 is 1.35 bits per heavy atom. The van der Waals surface area contributed by atoms with Gasteiger partial charge in [0.2, 0.25) is 11.9 Å². The second-order valence-corrected chi connectivity index (χ2v) is 8.39. The van der Waals surface area contributed by atoms with Gasteiger partial charge >= 0.3 is 0 Å². The van der Waals surface area contributed by atoms with Crippen LogP contribution in [0.4, 0.5) is 21.8 Å². The Hall–Kier alpha value is -3.67. The van der Waals surface area contributed by atoms with Crippen molar-refractivity contribution in [1.82, 2.24) is 24.5 Å². The smallest absolute Gasteiger partial charge is 0.248 e. The number of aliphatic hydroxyl groups excluding tert-OH is 1. The van der Waals surface area contributed by atoms with E-state index in [0.29, 0.717) is 24.5 Å². The zero-order valence-corrected chi connectivity index (χ0v) is 19.6. The number of amides is 1. The molecule has 180 valence electrons. The lowest BCUT2D eigenvalue weighted by Crippen LogP contribution is -2.57. The summed E-state index contributed by atoms with van der Waals surface area (Å²) in [6.45, 7) is 2.90. The summed E-state index contributed by atoms with van der Waals surface area (Å²) in [5, 5.41) is 27.7. The molecule has 1 aliphatic rings. The van der Waals surface area contributed by atoms with Crippen molar-refractivity contribution in [3.8, 4) is 11.3 Å². The molecule has 0 bridgehead atoms. The molecule has 0 saturated carbocycles. The van der Waals surface area contributed by atoms with E-state index in [9.17, 15) is 4.79 Å². The number of hydrogen-bond acceptors (Lipinski definition) is 9. The number of carbonyl (C=O) groups excluding carboxylic acids is 1. The molecule has 0 aliphatic carbocycles. The summed E-state index contributed by atoms with van der Waals surface area (Å²) in [4.78, 5) is 22.3. The molecule has 1 aliphatic heterocycles. The Kier molecular flexibility index (Phi) is 6.42. The SMILES string of the molecule is CN=Nc1ccc(-c2ccn3nc(NC4CCN(C(=O)CO)CC4(C)F)nc(NC)c23)nc1C. The van der Waals surface area contributed by atoms with Crippen molar-refractivity contribution < 1.29 is 14.3 Å². The van der Waals surface area contributed by atoms with Crippen LogP contribution in [0.15, 0.2) is 34.6 Å². The number of hydrogen-bond donors (Lipinski definition) is 3. The second-order valence-electron chi connectivity index (χ2n) is 8.39. The number of nitrogens with one attached hydrogen (secondary N) is 2. The summed E-state index contributed by atoms with van der Waals surface area (Å²) in [7, 11) is 3.37. The van der Waals surface area contributed by atoms with Crippen molar-refractivity contribution in [2.24, 2.45) is 10.2 Å². The standard InChI is InChI=1S/C22H28FN9O2/c1-13-15(29-25-4)5-6-16(26-13)14-7-10-32-19(14)20(24-3)28-21(30-32)27-17-8-9-31(18(34)11-33)12-22(17,2)23/h5-7,10,17,33H,8-9,11-12H2,1-4H3,(H2,24,27,28,30). The van der Waals surface area contributed by atoms with E-state index >= 15 is 4.39 Å². The Morgan fingerprint density at radius 2 is 2.15 bits per heavy atom. The average Bonchev–Trinajstić information content (AvgIpc) is 3.24. The zero-order chi connectivity index (χ0) is 24.5. The van der Waals surface area contributed by atoms with Gasteiger partial charge in [0.1, 0.15) is 23.5 Å². The second kappa shape index (κ2) is 9.29. The van der Waals surface area contributed by atoms with E-state index in [2.05, 4.69) is 35.9 Å². The molecule has 2 atom stereocenters. The number of fused-ring (bicyclic) bond motifs is 1. The maximum absolute atomic E-state index is 15.4. The van der Waals surface area contributed by atoms with E-state index in [4.69, 9.17) is 5.11 Å². The molecule has 4 heterocycles. The molecule has 3 N–H and O–H groups in total. The third-order valence-corrected chi connectivity index (χ3v) is 6.00. The fourth-order valence-corrected chi connectivity index (χ4v) is 4.22. The van der Waals surface area contributed by atoms with Gasteiger partial charge in [-0.05, 0) is 38.5 Å². The summed E-state index contributed by atoms with van der Waals surface area (Å²) in [6, 6.07) is 5.03. The number of anilines is 2. The number of halogens is 1. The Balaban J connectivity index is 1.64. The predicted molar refractivity (Wildman–Crippen MR) is 126 cm³/mol. The molecule has 11 nitrogen and oxygen atoms in total. The molecule has 12 heteroatoms. The van der Waals surface area contributed by atoms with E-state index in [-0.39, 0.29) is 12.5 Å². The molecule has 4 rings (SSSR count). The lowest BCUT2D eigenvalue weighted by Gasteiger charge is -2.41. The van der Waals surface area contributed by atoms with Crippen LogP contribution in [0.3, 0.4) is 0 Å². The molecular formula is C22H28FN9O2. The third-order valence-electron chi connectivity index (χ3n) is 6.00. The molecule has 1 fully saturated rings. The molecule has 1 saturated heterocycles. The molecule has 34 heavy (non-hydrogen) atoms. The number of aromatic nitrogens is 4. The first kappa shape index (κ1) is 23.5. The largest absolute Gasteiger partial charge is 0.387 e. The number of carbonyl (C=O) groups is 1. The maximum Gasteiger partial charge on any atom is 0.248 e. The van der Waals surface area contributed by atoms with Crippen molar-refractivity contribution in [3.63, 3.8) is 0 Å². The highest BCUT2D eigenvalue weighted by atomic mass is 19.1. The molecule has 3 aromatic heterocycles.